The van der Waals surface area contributed by atoms with Crippen LogP contribution in [0.4, 0.5) is 0 Å². The van der Waals surface area contributed by atoms with Crippen molar-refractivity contribution in [1.82, 2.24) is 0 Å². The van der Waals surface area contributed by atoms with Crippen molar-refractivity contribution in [3.05, 3.63) is 28.7 Å². The van der Waals surface area contributed by atoms with Gasteiger partial charge in [-0.05, 0) is 31.4 Å². The number of unbranched alkanes of at least 4 members (excludes halogenated alkanes) is 3. The van der Waals surface area contributed by atoms with E-state index in [0.717, 1.165) is 48.2 Å². The smallest absolute Gasteiger partial charge is 0.370 e. The summed E-state index contributed by atoms with van der Waals surface area (Å²) in [6.07, 6.45) is 6.39. The molecule has 3 nitrogen and oxygen atoms in total. The van der Waals surface area contributed by atoms with Crippen molar-refractivity contribution in [3.63, 3.8) is 0 Å². The minimum absolute atomic E-state index is 0.688. The quantitative estimate of drug-likeness (QED) is 0.341. The average Bonchev–Trinajstić information content (AvgIpc) is 2.55. The topological polar surface area (TPSA) is 27.7 Å². The predicted octanol–water partition coefficient (Wildman–Crippen LogP) is 5.05. The van der Waals surface area contributed by atoms with E-state index in [2.05, 4.69) is 48.8 Å². The number of halogens is 1. The molecule has 0 saturated carbocycles. The molecule has 1 aromatic carbocycles. The first-order valence-corrected chi connectivity index (χ1v) is 11.4. The fourth-order valence-corrected chi connectivity index (χ4v) is 5.34. The molecule has 0 bridgehead atoms. The molecule has 0 heterocycles. The van der Waals surface area contributed by atoms with Gasteiger partial charge in [0.1, 0.15) is 0 Å². The lowest BCUT2D eigenvalue weighted by Crippen LogP contribution is -2.57. The Bertz CT molecular complexity index is 402. The van der Waals surface area contributed by atoms with Crippen molar-refractivity contribution in [2.45, 2.75) is 59.3 Å². The minimum atomic E-state index is -2.84. The molecule has 23 heavy (non-hydrogen) atoms. The third kappa shape index (κ3) is 7.48. The Morgan fingerprint density at radius 2 is 1.30 bits per heavy atom. The van der Waals surface area contributed by atoms with E-state index in [0.29, 0.717) is 19.8 Å². The van der Waals surface area contributed by atoms with Crippen LogP contribution in [0, 0.1) is 0 Å². The SMILES string of the molecule is CCCCO[Si](OCCCC)(OCCCC)c1cccc(Br)c1. The van der Waals surface area contributed by atoms with Gasteiger partial charge in [-0.15, -0.1) is 0 Å². The average molecular weight is 403 g/mol. The van der Waals surface area contributed by atoms with Crippen LogP contribution in [-0.2, 0) is 13.3 Å². The van der Waals surface area contributed by atoms with Crippen LogP contribution in [0.3, 0.4) is 0 Å². The molecule has 0 aromatic heterocycles. The van der Waals surface area contributed by atoms with Gasteiger partial charge in [0.2, 0.25) is 0 Å². The van der Waals surface area contributed by atoms with Crippen LogP contribution < -0.4 is 5.19 Å². The maximum atomic E-state index is 6.28. The molecule has 0 unspecified atom stereocenters. The lowest BCUT2D eigenvalue weighted by Gasteiger charge is -2.30. The first kappa shape index (κ1) is 20.8. The Hall–Kier alpha value is -0.203. The summed E-state index contributed by atoms with van der Waals surface area (Å²) in [4.78, 5) is 0. The van der Waals surface area contributed by atoms with E-state index in [1.165, 1.54) is 0 Å². The number of hydrogen-bond acceptors (Lipinski definition) is 3. The fourth-order valence-electron chi connectivity index (χ4n) is 2.11. The van der Waals surface area contributed by atoms with E-state index in [9.17, 15) is 0 Å². The molecular weight excluding hydrogens is 372 g/mol. The van der Waals surface area contributed by atoms with E-state index in [1.54, 1.807) is 0 Å². The van der Waals surface area contributed by atoms with Crippen molar-refractivity contribution >= 4 is 29.9 Å². The van der Waals surface area contributed by atoms with Gasteiger partial charge >= 0.3 is 8.80 Å². The normalized spacial score (nSPS) is 11.8. The van der Waals surface area contributed by atoms with E-state index in [4.69, 9.17) is 13.3 Å². The molecule has 0 aliphatic heterocycles. The van der Waals surface area contributed by atoms with Crippen molar-refractivity contribution in [1.29, 1.82) is 0 Å². The Balaban J connectivity index is 2.98. The molecule has 0 atom stereocenters. The summed E-state index contributed by atoms with van der Waals surface area (Å²) in [5.41, 5.74) is 0. The van der Waals surface area contributed by atoms with Crippen LogP contribution in [0.2, 0.25) is 0 Å². The molecule has 0 spiro atoms. The predicted molar refractivity (Wildman–Crippen MR) is 102 cm³/mol. The maximum absolute atomic E-state index is 6.28. The molecule has 0 radical (unpaired) electrons. The van der Waals surface area contributed by atoms with Crippen molar-refractivity contribution < 1.29 is 13.3 Å². The van der Waals surface area contributed by atoms with Gasteiger partial charge in [-0.1, -0.05) is 68.1 Å². The summed E-state index contributed by atoms with van der Waals surface area (Å²) in [6, 6.07) is 8.19. The Morgan fingerprint density at radius 1 is 0.826 bits per heavy atom. The fraction of sp³-hybridized carbons (Fsp3) is 0.667. The maximum Gasteiger partial charge on any atom is 0.537 e. The summed E-state index contributed by atoms with van der Waals surface area (Å²) >= 11 is 3.56. The molecule has 0 N–H and O–H groups in total. The summed E-state index contributed by atoms with van der Waals surface area (Å²) in [5.74, 6) is 0. The van der Waals surface area contributed by atoms with Crippen LogP contribution in [0.15, 0.2) is 28.7 Å². The van der Waals surface area contributed by atoms with Crippen molar-refractivity contribution in [3.8, 4) is 0 Å². The van der Waals surface area contributed by atoms with Crippen molar-refractivity contribution in [2.75, 3.05) is 19.8 Å². The first-order chi connectivity index (χ1) is 11.2. The van der Waals surface area contributed by atoms with Gasteiger partial charge in [-0.25, -0.2) is 0 Å². The molecule has 0 aliphatic carbocycles. The molecule has 5 heteroatoms. The standard InChI is InChI=1S/C18H31BrO3Si/c1-4-7-13-20-23(21-14-8-5-2,22-15-9-6-3)18-12-10-11-17(19)16-18/h10-12,16H,4-9,13-15H2,1-3H3. The van der Waals surface area contributed by atoms with Crippen LogP contribution in [0.25, 0.3) is 0 Å². The summed E-state index contributed by atoms with van der Waals surface area (Å²) < 4.78 is 19.9. The zero-order valence-electron chi connectivity index (χ0n) is 14.8. The van der Waals surface area contributed by atoms with Crippen LogP contribution >= 0.6 is 15.9 Å². The highest BCUT2D eigenvalue weighted by Gasteiger charge is 2.44. The van der Waals surface area contributed by atoms with Gasteiger partial charge < -0.3 is 13.3 Å². The van der Waals surface area contributed by atoms with Crippen molar-refractivity contribution in [2.24, 2.45) is 0 Å². The van der Waals surface area contributed by atoms with Gasteiger partial charge in [0.25, 0.3) is 0 Å². The first-order valence-electron chi connectivity index (χ1n) is 8.86. The Morgan fingerprint density at radius 3 is 1.70 bits per heavy atom. The molecule has 0 saturated heterocycles. The highest BCUT2D eigenvalue weighted by molar-refractivity contribution is 9.10. The number of hydrogen-bond donors (Lipinski definition) is 0. The lowest BCUT2D eigenvalue weighted by molar-refractivity contribution is 0.0700. The van der Waals surface area contributed by atoms with Gasteiger partial charge in [0.15, 0.2) is 0 Å². The highest BCUT2D eigenvalue weighted by Crippen LogP contribution is 2.16. The molecule has 1 rings (SSSR count). The molecule has 0 aliphatic rings. The van der Waals surface area contributed by atoms with E-state index in [-0.39, 0.29) is 0 Å². The minimum Gasteiger partial charge on any atom is -0.370 e. The van der Waals surface area contributed by atoms with Crippen LogP contribution in [-0.4, -0.2) is 28.6 Å². The van der Waals surface area contributed by atoms with E-state index < -0.39 is 8.80 Å². The second-order valence-corrected chi connectivity index (χ2v) is 9.14. The molecular formula is C18H31BrO3Si. The van der Waals surface area contributed by atoms with Gasteiger partial charge in [0, 0.05) is 29.5 Å². The van der Waals surface area contributed by atoms with Gasteiger partial charge in [-0.3, -0.25) is 0 Å². The second-order valence-electron chi connectivity index (χ2n) is 5.67. The summed E-state index contributed by atoms with van der Waals surface area (Å²) in [7, 11) is -2.84. The zero-order chi connectivity index (χ0) is 17.0. The zero-order valence-corrected chi connectivity index (χ0v) is 17.4. The molecule has 132 valence electrons. The Labute approximate surface area is 151 Å². The summed E-state index contributed by atoms with van der Waals surface area (Å²) in [6.45, 7) is 8.57. The largest absolute Gasteiger partial charge is 0.537 e. The van der Waals surface area contributed by atoms with E-state index in [1.807, 2.05) is 12.1 Å². The molecule has 1 aromatic rings. The number of benzene rings is 1. The monoisotopic (exact) mass is 402 g/mol. The van der Waals surface area contributed by atoms with E-state index >= 15 is 0 Å². The van der Waals surface area contributed by atoms with Crippen LogP contribution in [0.1, 0.15) is 59.3 Å². The third-order valence-corrected chi connectivity index (χ3v) is 6.81. The van der Waals surface area contributed by atoms with Crippen LogP contribution in [0.5, 0.6) is 0 Å². The van der Waals surface area contributed by atoms with Gasteiger partial charge in [-0.2, -0.15) is 0 Å². The molecule has 0 amide bonds. The highest BCUT2D eigenvalue weighted by atomic mass is 79.9. The molecule has 0 fully saturated rings. The number of rotatable bonds is 13. The lowest BCUT2D eigenvalue weighted by atomic mass is 10.4. The third-order valence-electron chi connectivity index (χ3n) is 3.55. The summed E-state index contributed by atoms with van der Waals surface area (Å²) in [5, 5.41) is 1.05. The Kier molecular flexibility index (Phi) is 11.1. The second kappa shape index (κ2) is 12.2. The van der Waals surface area contributed by atoms with Gasteiger partial charge in [0.05, 0.1) is 0 Å².